The largest absolute Gasteiger partial charge is 0.481 e. The van der Waals surface area contributed by atoms with Gasteiger partial charge in [-0.25, -0.2) is 0 Å². The number of carbonyl (C=O) groups is 2. The molecule has 1 aromatic carbocycles. The molecule has 1 aliphatic rings. The monoisotopic (exact) mass is 289 g/mol. The molecular weight excluding hydrogens is 266 g/mol. The fraction of sp³-hybridized carbons (Fsp3) is 0.529. The van der Waals surface area contributed by atoms with Crippen LogP contribution in [-0.2, 0) is 16.0 Å². The third-order valence-electron chi connectivity index (χ3n) is 4.44. The Labute approximate surface area is 125 Å². The predicted octanol–water partition coefficient (Wildman–Crippen LogP) is 3.61. The number of aliphatic carboxylic acids is 1. The summed E-state index contributed by atoms with van der Waals surface area (Å²) in [6.45, 7) is 2.03. The SMILES string of the molecule is CCc1ccccc1NC(=O)CC1(C(=O)O)CCCCC1. The summed E-state index contributed by atoms with van der Waals surface area (Å²) in [6, 6.07) is 7.66. The second kappa shape index (κ2) is 6.74. The van der Waals surface area contributed by atoms with Gasteiger partial charge in [-0.3, -0.25) is 9.59 Å². The molecule has 4 heteroatoms. The van der Waals surface area contributed by atoms with Gasteiger partial charge >= 0.3 is 5.97 Å². The summed E-state index contributed by atoms with van der Waals surface area (Å²) in [5, 5.41) is 12.4. The van der Waals surface area contributed by atoms with Crippen LogP contribution in [0.4, 0.5) is 5.69 Å². The minimum absolute atomic E-state index is 0.0698. The number of benzene rings is 1. The molecule has 2 N–H and O–H groups in total. The highest BCUT2D eigenvalue weighted by atomic mass is 16.4. The molecule has 0 unspecified atom stereocenters. The number of rotatable bonds is 5. The van der Waals surface area contributed by atoms with E-state index in [1.165, 1.54) is 0 Å². The molecule has 2 rings (SSSR count). The molecule has 1 aromatic rings. The van der Waals surface area contributed by atoms with Gasteiger partial charge in [0, 0.05) is 12.1 Å². The van der Waals surface area contributed by atoms with E-state index in [1.54, 1.807) is 0 Å². The standard InChI is InChI=1S/C17H23NO3/c1-2-13-8-4-5-9-14(13)18-15(19)12-17(16(20)21)10-6-3-7-11-17/h4-5,8-9H,2-3,6-7,10-12H2,1H3,(H,18,19)(H,20,21). The molecule has 0 aromatic heterocycles. The maximum absolute atomic E-state index is 12.3. The number of aryl methyl sites for hydroxylation is 1. The summed E-state index contributed by atoms with van der Waals surface area (Å²) in [4.78, 5) is 23.9. The first-order chi connectivity index (χ1) is 10.1. The van der Waals surface area contributed by atoms with Crippen LogP contribution in [0.25, 0.3) is 0 Å². The summed E-state index contributed by atoms with van der Waals surface area (Å²) in [5.74, 6) is -1.03. The van der Waals surface area contributed by atoms with Gasteiger partial charge in [-0.1, -0.05) is 44.4 Å². The molecule has 1 aliphatic carbocycles. The van der Waals surface area contributed by atoms with Gasteiger partial charge in [-0.15, -0.1) is 0 Å². The number of anilines is 1. The van der Waals surface area contributed by atoms with Crippen LogP contribution in [0.1, 0.15) is 51.0 Å². The van der Waals surface area contributed by atoms with E-state index in [-0.39, 0.29) is 12.3 Å². The van der Waals surface area contributed by atoms with Gasteiger partial charge in [0.25, 0.3) is 0 Å². The number of carbonyl (C=O) groups excluding carboxylic acids is 1. The Morgan fingerprint density at radius 1 is 1.19 bits per heavy atom. The molecule has 4 nitrogen and oxygen atoms in total. The quantitative estimate of drug-likeness (QED) is 0.870. The molecule has 0 radical (unpaired) electrons. The van der Waals surface area contributed by atoms with Crippen molar-refractivity contribution < 1.29 is 14.7 Å². The van der Waals surface area contributed by atoms with Gasteiger partial charge in [0.1, 0.15) is 0 Å². The number of hydrogen-bond donors (Lipinski definition) is 2. The van der Waals surface area contributed by atoms with E-state index in [9.17, 15) is 14.7 Å². The highest BCUT2D eigenvalue weighted by Gasteiger charge is 2.41. The first kappa shape index (κ1) is 15.5. The van der Waals surface area contributed by atoms with Crippen LogP contribution in [0.5, 0.6) is 0 Å². The van der Waals surface area contributed by atoms with Gasteiger partial charge in [0.2, 0.25) is 5.91 Å². The van der Waals surface area contributed by atoms with Gasteiger partial charge in [-0.2, -0.15) is 0 Å². The molecule has 0 heterocycles. The fourth-order valence-corrected chi connectivity index (χ4v) is 3.15. The maximum Gasteiger partial charge on any atom is 0.310 e. The second-order valence-corrected chi connectivity index (χ2v) is 5.88. The van der Waals surface area contributed by atoms with E-state index < -0.39 is 11.4 Å². The average molecular weight is 289 g/mol. The summed E-state index contributed by atoms with van der Waals surface area (Å²) >= 11 is 0. The lowest BCUT2D eigenvalue weighted by atomic mass is 9.71. The lowest BCUT2D eigenvalue weighted by Crippen LogP contribution is -2.37. The first-order valence-electron chi connectivity index (χ1n) is 7.68. The van der Waals surface area contributed by atoms with Crippen LogP contribution < -0.4 is 5.32 Å². The molecule has 114 valence electrons. The van der Waals surface area contributed by atoms with Crippen molar-refractivity contribution >= 4 is 17.6 Å². The van der Waals surface area contributed by atoms with E-state index in [4.69, 9.17) is 0 Å². The van der Waals surface area contributed by atoms with E-state index >= 15 is 0 Å². The third kappa shape index (κ3) is 3.63. The van der Waals surface area contributed by atoms with Crippen molar-refractivity contribution in [3.63, 3.8) is 0 Å². The first-order valence-corrected chi connectivity index (χ1v) is 7.68. The Hall–Kier alpha value is -1.84. The number of amides is 1. The second-order valence-electron chi connectivity index (χ2n) is 5.88. The van der Waals surface area contributed by atoms with Crippen molar-refractivity contribution in [1.29, 1.82) is 0 Å². The van der Waals surface area contributed by atoms with Crippen molar-refractivity contribution in [2.24, 2.45) is 5.41 Å². The lowest BCUT2D eigenvalue weighted by Gasteiger charge is -2.32. The smallest absolute Gasteiger partial charge is 0.310 e. The molecule has 0 atom stereocenters. The predicted molar refractivity (Wildman–Crippen MR) is 82.2 cm³/mol. The van der Waals surface area contributed by atoms with Crippen molar-refractivity contribution in [2.45, 2.75) is 51.9 Å². The lowest BCUT2D eigenvalue weighted by molar-refractivity contribution is -0.153. The summed E-state index contributed by atoms with van der Waals surface area (Å²) in [7, 11) is 0. The van der Waals surface area contributed by atoms with Crippen LogP contribution in [0.2, 0.25) is 0 Å². The normalized spacial score (nSPS) is 17.2. The molecule has 0 bridgehead atoms. The molecule has 1 saturated carbocycles. The van der Waals surface area contributed by atoms with Gasteiger partial charge < -0.3 is 10.4 Å². The molecule has 0 saturated heterocycles. The Morgan fingerprint density at radius 3 is 2.48 bits per heavy atom. The summed E-state index contributed by atoms with van der Waals surface area (Å²) in [5.41, 5.74) is 0.990. The van der Waals surface area contributed by atoms with Crippen LogP contribution in [0, 0.1) is 5.41 Å². The number of hydrogen-bond acceptors (Lipinski definition) is 2. The van der Waals surface area contributed by atoms with Crippen LogP contribution in [0.3, 0.4) is 0 Å². The van der Waals surface area contributed by atoms with Gasteiger partial charge in [0.15, 0.2) is 0 Å². The molecule has 0 spiro atoms. The van der Waals surface area contributed by atoms with Crippen LogP contribution >= 0.6 is 0 Å². The molecule has 0 aliphatic heterocycles. The highest BCUT2D eigenvalue weighted by Crippen LogP contribution is 2.39. The number of para-hydroxylation sites is 1. The topological polar surface area (TPSA) is 66.4 Å². The zero-order chi connectivity index (χ0) is 15.3. The van der Waals surface area contributed by atoms with Crippen LogP contribution in [0.15, 0.2) is 24.3 Å². The Balaban J connectivity index is 2.07. The van der Waals surface area contributed by atoms with E-state index in [0.29, 0.717) is 12.8 Å². The summed E-state index contributed by atoms with van der Waals surface area (Å²) < 4.78 is 0. The minimum atomic E-state index is -0.872. The van der Waals surface area contributed by atoms with Gasteiger partial charge in [-0.05, 0) is 30.9 Å². The Morgan fingerprint density at radius 2 is 1.86 bits per heavy atom. The van der Waals surface area contributed by atoms with E-state index in [1.807, 2.05) is 31.2 Å². The van der Waals surface area contributed by atoms with Gasteiger partial charge in [0.05, 0.1) is 5.41 Å². The van der Waals surface area contributed by atoms with Crippen molar-refractivity contribution in [3.05, 3.63) is 29.8 Å². The zero-order valence-electron chi connectivity index (χ0n) is 12.5. The van der Waals surface area contributed by atoms with Crippen molar-refractivity contribution in [2.75, 3.05) is 5.32 Å². The number of carboxylic acid groups (broad SMARTS) is 1. The average Bonchev–Trinajstić information content (AvgIpc) is 2.48. The Bertz CT molecular complexity index is 519. The van der Waals surface area contributed by atoms with Crippen LogP contribution in [-0.4, -0.2) is 17.0 Å². The molecule has 1 amide bonds. The zero-order valence-corrected chi connectivity index (χ0v) is 12.5. The van der Waals surface area contributed by atoms with Crippen molar-refractivity contribution in [3.8, 4) is 0 Å². The van der Waals surface area contributed by atoms with E-state index in [2.05, 4.69) is 5.32 Å². The summed E-state index contributed by atoms with van der Waals surface area (Å²) in [6.07, 6.45) is 4.96. The van der Waals surface area contributed by atoms with E-state index in [0.717, 1.165) is 36.9 Å². The molecule has 1 fully saturated rings. The number of carboxylic acids is 1. The molecular formula is C17H23NO3. The minimum Gasteiger partial charge on any atom is -0.481 e. The molecule has 21 heavy (non-hydrogen) atoms. The maximum atomic E-state index is 12.3. The number of nitrogens with one attached hydrogen (secondary N) is 1. The Kier molecular flexibility index (Phi) is 4.99. The van der Waals surface area contributed by atoms with Crippen molar-refractivity contribution in [1.82, 2.24) is 0 Å². The third-order valence-corrected chi connectivity index (χ3v) is 4.44. The highest BCUT2D eigenvalue weighted by molar-refractivity contribution is 5.94. The fourth-order valence-electron chi connectivity index (χ4n) is 3.15.